The van der Waals surface area contributed by atoms with Crippen LogP contribution in [0.3, 0.4) is 0 Å². The first-order chi connectivity index (χ1) is 6.93. The number of benzene rings is 1. The van der Waals surface area contributed by atoms with Crippen LogP contribution in [0, 0.1) is 0 Å². The maximum absolute atomic E-state index is 2.26. The van der Waals surface area contributed by atoms with Gasteiger partial charge in [0.1, 0.15) is 0 Å². The summed E-state index contributed by atoms with van der Waals surface area (Å²) in [5.74, 6) is 2.61. The Kier molecular flexibility index (Phi) is 6.59. The number of thioether (sulfide) groups is 1. The summed E-state index contributed by atoms with van der Waals surface area (Å²) >= 11 is 2.09. The summed E-state index contributed by atoms with van der Waals surface area (Å²) in [7, 11) is 0. The summed E-state index contributed by atoms with van der Waals surface area (Å²) in [6, 6.07) is 10.8. The lowest BCUT2D eigenvalue weighted by atomic mass is 10.2. The SMILES string of the molecule is CCCCCSCCc1ccccc1. The van der Waals surface area contributed by atoms with Gasteiger partial charge >= 0.3 is 0 Å². The molecule has 0 nitrogen and oxygen atoms in total. The number of unbranched alkanes of at least 4 members (excludes halogenated alkanes) is 2. The Morgan fingerprint density at radius 3 is 2.50 bits per heavy atom. The van der Waals surface area contributed by atoms with Crippen LogP contribution in [0.4, 0.5) is 0 Å². The zero-order valence-corrected chi connectivity index (χ0v) is 9.85. The minimum absolute atomic E-state index is 1.22. The molecular weight excluding hydrogens is 188 g/mol. The fraction of sp³-hybridized carbons (Fsp3) is 0.538. The van der Waals surface area contributed by atoms with Gasteiger partial charge in [-0.3, -0.25) is 0 Å². The van der Waals surface area contributed by atoms with Crippen LogP contribution in [0.2, 0.25) is 0 Å². The van der Waals surface area contributed by atoms with Gasteiger partial charge in [-0.1, -0.05) is 50.1 Å². The minimum Gasteiger partial charge on any atom is -0.162 e. The van der Waals surface area contributed by atoms with E-state index in [1.54, 1.807) is 0 Å². The Balaban J connectivity index is 1.99. The normalized spacial score (nSPS) is 10.4. The van der Waals surface area contributed by atoms with Crippen LogP contribution < -0.4 is 0 Å². The summed E-state index contributed by atoms with van der Waals surface area (Å²) in [6.07, 6.45) is 5.32. The second-order valence-electron chi connectivity index (χ2n) is 3.56. The first kappa shape index (κ1) is 11.6. The first-order valence-corrected chi connectivity index (χ1v) is 6.70. The van der Waals surface area contributed by atoms with E-state index >= 15 is 0 Å². The molecule has 0 saturated carbocycles. The van der Waals surface area contributed by atoms with Crippen molar-refractivity contribution in [3.8, 4) is 0 Å². The van der Waals surface area contributed by atoms with E-state index in [2.05, 4.69) is 49.0 Å². The van der Waals surface area contributed by atoms with Gasteiger partial charge < -0.3 is 0 Å². The van der Waals surface area contributed by atoms with Crippen molar-refractivity contribution in [2.75, 3.05) is 11.5 Å². The molecule has 14 heavy (non-hydrogen) atoms. The highest BCUT2D eigenvalue weighted by Gasteiger charge is 1.92. The first-order valence-electron chi connectivity index (χ1n) is 5.55. The lowest BCUT2D eigenvalue weighted by Crippen LogP contribution is -1.89. The number of aryl methyl sites for hydroxylation is 1. The van der Waals surface area contributed by atoms with Crippen molar-refractivity contribution < 1.29 is 0 Å². The van der Waals surface area contributed by atoms with Crippen LogP contribution >= 0.6 is 11.8 Å². The van der Waals surface area contributed by atoms with Gasteiger partial charge in [-0.05, 0) is 29.9 Å². The van der Waals surface area contributed by atoms with Crippen LogP contribution in [-0.4, -0.2) is 11.5 Å². The largest absolute Gasteiger partial charge is 0.162 e. The lowest BCUT2D eigenvalue weighted by Gasteiger charge is -2.01. The molecule has 0 aromatic heterocycles. The molecule has 0 bridgehead atoms. The second kappa shape index (κ2) is 7.93. The maximum atomic E-state index is 2.26. The van der Waals surface area contributed by atoms with Crippen molar-refractivity contribution in [2.24, 2.45) is 0 Å². The number of rotatable bonds is 7. The van der Waals surface area contributed by atoms with E-state index in [0.29, 0.717) is 0 Å². The third-order valence-electron chi connectivity index (χ3n) is 2.27. The molecule has 78 valence electrons. The average Bonchev–Trinajstić information content (AvgIpc) is 2.25. The van der Waals surface area contributed by atoms with Gasteiger partial charge in [0.15, 0.2) is 0 Å². The second-order valence-corrected chi connectivity index (χ2v) is 4.78. The van der Waals surface area contributed by atoms with Crippen molar-refractivity contribution in [3.63, 3.8) is 0 Å². The molecule has 0 N–H and O–H groups in total. The van der Waals surface area contributed by atoms with Gasteiger partial charge in [-0.25, -0.2) is 0 Å². The van der Waals surface area contributed by atoms with E-state index in [-0.39, 0.29) is 0 Å². The van der Waals surface area contributed by atoms with Crippen molar-refractivity contribution in [1.29, 1.82) is 0 Å². The number of hydrogen-bond donors (Lipinski definition) is 0. The van der Waals surface area contributed by atoms with Crippen molar-refractivity contribution in [1.82, 2.24) is 0 Å². The predicted molar refractivity (Wildman–Crippen MR) is 67.0 cm³/mol. The zero-order chi connectivity index (χ0) is 10.1. The molecule has 1 aromatic rings. The molecule has 1 rings (SSSR count). The fourth-order valence-corrected chi connectivity index (χ4v) is 2.38. The highest BCUT2D eigenvalue weighted by molar-refractivity contribution is 7.99. The zero-order valence-electron chi connectivity index (χ0n) is 9.04. The van der Waals surface area contributed by atoms with Gasteiger partial charge in [0, 0.05) is 0 Å². The van der Waals surface area contributed by atoms with E-state index in [1.165, 1.54) is 42.8 Å². The van der Waals surface area contributed by atoms with E-state index in [4.69, 9.17) is 0 Å². The van der Waals surface area contributed by atoms with E-state index in [9.17, 15) is 0 Å². The Morgan fingerprint density at radius 1 is 1.00 bits per heavy atom. The quantitative estimate of drug-likeness (QED) is 0.606. The van der Waals surface area contributed by atoms with Crippen molar-refractivity contribution in [3.05, 3.63) is 35.9 Å². The molecule has 1 aromatic carbocycles. The number of hydrogen-bond acceptors (Lipinski definition) is 1. The molecular formula is C13H20S. The summed E-state index contributed by atoms with van der Waals surface area (Å²) in [5.41, 5.74) is 1.47. The summed E-state index contributed by atoms with van der Waals surface area (Å²) in [5, 5.41) is 0. The van der Waals surface area contributed by atoms with Crippen LogP contribution in [0.25, 0.3) is 0 Å². The third kappa shape index (κ3) is 5.33. The summed E-state index contributed by atoms with van der Waals surface area (Å²) in [4.78, 5) is 0. The molecule has 0 fully saturated rings. The van der Waals surface area contributed by atoms with Gasteiger partial charge in [0.25, 0.3) is 0 Å². The van der Waals surface area contributed by atoms with Crippen LogP contribution in [-0.2, 0) is 6.42 Å². The Morgan fingerprint density at radius 2 is 1.79 bits per heavy atom. The van der Waals surface area contributed by atoms with Crippen molar-refractivity contribution >= 4 is 11.8 Å². The summed E-state index contributed by atoms with van der Waals surface area (Å²) < 4.78 is 0. The minimum atomic E-state index is 1.22. The lowest BCUT2D eigenvalue weighted by molar-refractivity contribution is 0.778. The van der Waals surface area contributed by atoms with E-state index in [1.807, 2.05) is 0 Å². The molecule has 1 heteroatoms. The topological polar surface area (TPSA) is 0 Å². The van der Waals surface area contributed by atoms with Crippen LogP contribution in [0.15, 0.2) is 30.3 Å². The molecule has 0 spiro atoms. The molecule has 0 radical (unpaired) electrons. The molecule has 0 aliphatic rings. The van der Waals surface area contributed by atoms with Crippen LogP contribution in [0.1, 0.15) is 31.7 Å². The van der Waals surface area contributed by atoms with E-state index < -0.39 is 0 Å². The van der Waals surface area contributed by atoms with Gasteiger partial charge in [-0.2, -0.15) is 11.8 Å². The Labute approximate surface area is 92.1 Å². The third-order valence-corrected chi connectivity index (χ3v) is 3.34. The average molecular weight is 208 g/mol. The smallest absolute Gasteiger partial charge is 0.00270 e. The maximum Gasteiger partial charge on any atom is -0.00270 e. The Hall–Kier alpha value is -0.430. The molecule has 0 aliphatic carbocycles. The van der Waals surface area contributed by atoms with Crippen molar-refractivity contribution in [2.45, 2.75) is 32.6 Å². The molecule has 0 atom stereocenters. The molecule has 0 amide bonds. The van der Waals surface area contributed by atoms with E-state index in [0.717, 1.165) is 0 Å². The molecule has 0 heterocycles. The highest BCUT2D eigenvalue weighted by atomic mass is 32.2. The van der Waals surface area contributed by atoms with Gasteiger partial charge in [0.05, 0.1) is 0 Å². The van der Waals surface area contributed by atoms with Gasteiger partial charge in [-0.15, -0.1) is 0 Å². The monoisotopic (exact) mass is 208 g/mol. The molecule has 0 saturated heterocycles. The van der Waals surface area contributed by atoms with Crippen LogP contribution in [0.5, 0.6) is 0 Å². The molecule has 0 aliphatic heterocycles. The predicted octanol–water partition coefficient (Wildman–Crippen LogP) is 4.15. The highest BCUT2D eigenvalue weighted by Crippen LogP contribution is 2.09. The molecule has 0 unspecified atom stereocenters. The summed E-state index contributed by atoms with van der Waals surface area (Å²) in [6.45, 7) is 2.26. The fourth-order valence-electron chi connectivity index (χ4n) is 1.39. The Bertz CT molecular complexity index is 218. The standard InChI is InChI=1S/C13H20S/c1-2-3-7-11-14-12-10-13-8-5-4-6-9-13/h4-6,8-9H,2-3,7,10-12H2,1H3. The van der Waals surface area contributed by atoms with Gasteiger partial charge in [0.2, 0.25) is 0 Å².